The van der Waals surface area contributed by atoms with E-state index in [1.807, 2.05) is 49.4 Å². The summed E-state index contributed by atoms with van der Waals surface area (Å²) in [7, 11) is 0. The van der Waals surface area contributed by atoms with Crippen LogP contribution < -0.4 is 10.6 Å². The molecule has 6 heteroatoms. The Bertz CT molecular complexity index is 1000. The first kappa shape index (κ1) is 20.6. The Hall–Kier alpha value is -3.12. The molecule has 148 valence electrons. The molecule has 3 aromatic carbocycles. The molecule has 0 aromatic heterocycles. The minimum atomic E-state index is -0.347. The number of rotatable bonds is 6. The average molecular weight is 408 g/mol. The summed E-state index contributed by atoms with van der Waals surface area (Å²) in [4.78, 5) is 25.6. The van der Waals surface area contributed by atoms with Gasteiger partial charge in [0.15, 0.2) is 0 Å². The van der Waals surface area contributed by atoms with E-state index < -0.39 is 0 Å². The SMILES string of the molecule is Cc1ccccc1C(=O)Nc1ccc(SC(C)C(=O)Nc2ccc(F)cc2)cc1. The number of aryl methyl sites for hydroxylation is 1. The van der Waals surface area contributed by atoms with Crippen molar-refractivity contribution < 1.29 is 14.0 Å². The van der Waals surface area contributed by atoms with Gasteiger partial charge in [-0.3, -0.25) is 9.59 Å². The van der Waals surface area contributed by atoms with Gasteiger partial charge in [-0.25, -0.2) is 4.39 Å². The van der Waals surface area contributed by atoms with Gasteiger partial charge in [-0.15, -0.1) is 11.8 Å². The molecule has 2 amide bonds. The number of hydrogen-bond acceptors (Lipinski definition) is 3. The maximum absolute atomic E-state index is 13.0. The molecule has 2 N–H and O–H groups in total. The summed E-state index contributed by atoms with van der Waals surface area (Å²) < 4.78 is 13.0. The van der Waals surface area contributed by atoms with E-state index >= 15 is 0 Å². The number of anilines is 2. The molecule has 0 aliphatic rings. The molecule has 0 spiro atoms. The van der Waals surface area contributed by atoms with Crippen LogP contribution in [0.2, 0.25) is 0 Å². The van der Waals surface area contributed by atoms with Crippen molar-refractivity contribution in [2.24, 2.45) is 0 Å². The smallest absolute Gasteiger partial charge is 0.255 e. The van der Waals surface area contributed by atoms with Crippen molar-refractivity contribution in [1.29, 1.82) is 0 Å². The zero-order valence-electron chi connectivity index (χ0n) is 16.1. The fourth-order valence-electron chi connectivity index (χ4n) is 2.68. The highest BCUT2D eigenvalue weighted by atomic mass is 32.2. The van der Waals surface area contributed by atoms with E-state index in [-0.39, 0.29) is 22.9 Å². The molecule has 3 rings (SSSR count). The van der Waals surface area contributed by atoms with Crippen molar-refractivity contribution >= 4 is 35.0 Å². The van der Waals surface area contributed by atoms with Gasteiger partial charge in [0.25, 0.3) is 5.91 Å². The quantitative estimate of drug-likeness (QED) is 0.529. The molecule has 0 radical (unpaired) electrons. The number of carbonyl (C=O) groups is 2. The van der Waals surface area contributed by atoms with Crippen LogP contribution in [0.25, 0.3) is 0 Å². The summed E-state index contributed by atoms with van der Waals surface area (Å²) in [5.41, 5.74) is 2.79. The van der Waals surface area contributed by atoms with Gasteiger partial charge in [-0.05, 0) is 74.0 Å². The van der Waals surface area contributed by atoms with Crippen LogP contribution in [0.4, 0.5) is 15.8 Å². The highest BCUT2D eigenvalue weighted by molar-refractivity contribution is 8.00. The number of amides is 2. The second-order valence-electron chi connectivity index (χ2n) is 6.55. The first-order valence-electron chi connectivity index (χ1n) is 9.12. The molecule has 4 nitrogen and oxygen atoms in total. The van der Waals surface area contributed by atoms with Crippen LogP contribution in [0.1, 0.15) is 22.8 Å². The number of benzene rings is 3. The molecular formula is C23H21FN2O2S. The van der Waals surface area contributed by atoms with Gasteiger partial charge >= 0.3 is 0 Å². The number of thioether (sulfide) groups is 1. The molecule has 0 saturated heterocycles. The standard InChI is InChI=1S/C23H21FN2O2S/c1-15-5-3-4-6-21(15)23(28)26-19-11-13-20(14-12-19)29-16(2)22(27)25-18-9-7-17(24)8-10-18/h3-14,16H,1-2H3,(H,25,27)(H,26,28). The Morgan fingerprint density at radius 1 is 0.862 bits per heavy atom. The molecule has 0 saturated carbocycles. The van der Waals surface area contributed by atoms with Gasteiger partial charge in [0.05, 0.1) is 5.25 Å². The average Bonchev–Trinajstić information content (AvgIpc) is 2.71. The monoisotopic (exact) mass is 408 g/mol. The fraction of sp³-hybridized carbons (Fsp3) is 0.130. The maximum Gasteiger partial charge on any atom is 0.255 e. The van der Waals surface area contributed by atoms with Gasteiger partial charge in [0, 0.05) is 21.8 Å². The van der Waals surface area contributed by atoms with E-state index in [2.05, 4.69) is 10.6 Å². The van der Waals surface area contributed by atoms with Crippen LogP contribution in [0.15, 0.2) is 77.7 Å². The summed E-state index contributed by atoms with van der Waals surface area (Å²) in [5.74, 6) is -0.672. The van der Waals surface area contributed by atoms with Crippen LogP contribution in [-0.2, 0) is 4.79 Å². The molecular weight excluding hydrogens is 387 g/mol. The van der Waals surface area contributed by atoms with E-state index in [0.29, 0.717) is 16.9 Å². The Balaban J connectivity index is 1.57. The predicted octanol–water partition coefficient (Wildman–Crippen LogP) is 5.51. The normalized spacial score (nSPS) is 11.6. The highest BCUT2D eigenvalue weighted by Crippen LogP contribution is 2.26. The van der Waals surface area contributed by atoms with Gasteiger partial charge in [0.1, 0.15) is 5.82 Å². The van der Waals surface area contributed by atoms with Gasteiger partial charge in [-0.2, -0.15) is 0 Å². The van der Waals surface area contributed by atoms with Crippen molar-refractivity contribution in [2.75, 3.05) is 10.6 Å². The van der Waals surface area contributed by atoms with E-state index in [0.717, 1.165) is 10.5 Å². The zero-order chi connectivity index (χ0) is 20.8. The second kappa shape index (κ2) is 9.39. The zero-order valence-corrected chi connectivity index (χ0v) is 16.9. The first-order valence-corrected chi connectivity index (χ1v) is 10.0. The topological polar surface area (TPSA) is 58.2 Å². The third-order valence-corrected chi connectivity index (χ3v) is 5.41. The van der Waals surface area contributed by atoms with Gasteiger partial charge < -0.3 is 10.6 Å². The van der Waals surface area contributed by atoms with Gasteiger partial charge in [0.2, 0.25) is 5.91 Å². The van der Waals surface area contributed by atoms with Crippen molar-refractivity contribution in [3.63, 3.8) is 0 Å². The highest BCUT2D eigenvalue weighted by Gasteiger charge is 2.15. The minimum Gasteiger partial charge on any atom is -0.325 e. The molecule has 29 heavy (non-hydrogen) atoms. The first-order chi connectivity index (χ1) is 13.9. The summed E-state index contributed by atoms with van der Waals surface area (Å²) in [6, 6.07) is 20.4. The summed E-state index contributed by atoms with van der Waals surface area (Å²) in [6.45, 7) is 3.70. The van der Waals surface area contributed by atoms with E-state index in [1.165, 1.54) is 36.0 Å². The molecule has 1 unspecified atom stereocenters. The van der Waals surface area contributed by atoms with Crippen LogP contribution >= 0.6 is 11.8 Å². The minimum absolute atomic E-state index is 0.157. The Labute approximate surface area is 173 Å². The largest absolute Gasteiger partial charge is 0.325 e. The summed E-state index contributed by atoms with van der Waals surface area (Å²) in [5, 5.41) is 5.31. The number of nitrogens with one attached hydrogen (secondary N) is 2. The van der Waals surface area contributed by atoms with E-state index in [1.54, 1.807) is 13.0 Å². The fourth-order valence-corrected chi connectivity index (χ4v) is 3.55. The van der Waals surface area contributed by atoms with Crippen LogP contribution in [0.5, 0.6) is 0 Å². The maximum atomic E-state index is 13.0. The predicted molar refractivity (Wildman–Crippen MR) is 116 cm³/mol. The number of halogens is 1. The lowest BCUT2D eigenvalue weighted by atomic mass is 10.1. The third-order valence-electron chi connectivity index (χ3n) is 4.30. The molecule has 0 bridgehead atoms. The molecule has 3 aromatic rings. The molecule has 0 fully saturated rings. The Morgan fingerprint density at radius 2 is 1.45 bits per heavy atom. The summed E-state index contributed by atoms with van der Waals surface area (Å²) in [6.07, 6.45) is 0. The number of carbonyl (C=O) groups excluding carboxylic acids is 2. The van der Waals surface area contributed by atoms with E-state index in [9.17, 15) is 14.0 Å². The van der Waals surface area contributed by atoms with Crippen molar-refractivity contribution in [3.05, 3.63) is 89.7 Å². The molecule has 1 atom stereocenters. The number of hydrogen-bond donors (Lipinski definition) is 2. The van der Waals surface area contributed by atoms with Crippen LogP contribution in [0, 0.1) is 12.7 Å². The van der Waals surface area contributed by atoms with Crippen LogP contribution in [0.3, 0.4) is 0 Å². The molecule has 0 aliphatic carbocycles. The van der Waals surface area contributed by atoms with E-state index in [4.69, 9.17) is 0 Å². The third kappa shape index (κ3) is 5.68. The molecule has 0 aliphatic heterocycles. The summed E-state index contributed by atoms with van der Waals surface area (Å²) >= 11 is 1.40. The molecule has 0 heterocycles. The van der Waals surface area contributed by atoms with Gasteiger partial charge in [-0.1, -0.05) is 18.2 Å². The van der Waals surface area contributed by atoms with Crippen molar-refractivity contribution in [3.8, 4) is 0 Å². The Morgan fingerprint density at radius 3 is 2.10 bits per heavy atom. The van der Waals surface area contributed by atoms with Crippen molar-refractivity contribution in [2.45, 2.75) is 24.0 Å². The van der Waals surface area contributed by atoms with Crippen molar-refractivity contribution in [1.82, 2.24) is 0 Å². The second-order valence-corrected chi connectivity index (χ2v) is 7.96. The lowest BCUT2D eigenvalue weighted by Gasteiger charge is -2.13. The Kier molecular flexibility index (Phi) is 6.67. The lowest BCUT2D eigenvalue weighted by molar-refractivity contribution is -0.115. The van der Waals surface area contributed by atoms with Crippen LogP contribution in [-0.4, -0.2) is 17.1 Å². The lowest BCUT2D eigenvalue weighted by Crippen LogP contribution is -2.22.